The zero-order chi connectivity index (χ0) is 10.8. The Hall–Kier alpha value is -1.90. The summed E-state index contributed by atoms with van der Waals surface area (Å²) in [5, 5.41) is 9.26. The first kappa shape index (κ1) is 9.65. The second-order valence-electron chi connectivity index (χ2n) is 3.36. The maximum atomic E-state index is 12.8. The number of aromatic nitrogens is 1. The maximum absolute atomic E-state index is 12.8. The van der Waals surface area contributed by atoms with E-state index >= 15 is 0 Å². The van der Waals surface area contributed by atoms with Crippen molar-refractivity contribution in [3.05, 3.63) is 48.0 Å². The summed E-state index contributed by atoms with van der Waals surface area (Å²) in [6.45, 7) is 1.94. The fraction of sp³-hybridized carbons (Fsp3) is 0.0833. The number of hydrogen-bond donors (Lipinski definition) is 1. The lowest BCUT2D eigenvalue weighted by Gasteiger charge is -2.05. The van der Waals surface area contributed by atoms with Gasteiger partial charge in [-0.05, 0) is 36.2 Å². The average Bonchev–Trinajstić information content (AvgIpc) is 2.23. The number of nitrogens with zero attached hydrogens (tertiary/aromatic N) is 1. The van der Waals surface area contributed by atoms with Crippen molar-refractivity contribution in [1.29, 1.82) is 0 Å². The normalized spacial score (nSPS) is 10.3. The molecular formula is C12H10FNO. The first-order chi connectivity index (χ1) is 7.18. The second kappa shape index (κ2) is 3.69. The molecule has 76 valence electrons. The predicted molar refractivity (Wildman–Crippen MR) is 56.0 cm³/mol. The van der Waals surface area contributed by atoms with Crippen LogP contribution in [0.5, 0.6) is 5.75 Å². The number of phenolic OH excluding ortho intramolecular Hbond substituents is 1. The number of phenols is 1. The van der Waals surface area contributed by atoms with Gasteiger partial charge in [-0.15, -0.1) is 0 Å². The van der Waals surface area contributed by atoms with Crippen molar-refractivity contribution in [2.45, 2.75) is 6.92 Å². The van der Waals surface area contributed by atoms with Crippen molar-refractivity contribution in [2.75, 3.05) is 0 Å². The molecule has 15 heavy (non-hydrogen) atoms. The minimum atomic E-state index is -0.611. The van der Waals surface area contributed by atoms with Gasteiger partial charge < -0.3 is 5.11 Å². The highest BCUT2D eigenvalue weighted by Crippen LogP contribution is 2.26. The van der Waals surface area contributed by atoms with Gasteiger partial charge in [0.2, 0.25) is 0 Å². The van der Waals surface area contributed by atoms with E-state index in [2.05, 4.69) is 4.98 Å². The van der Waals surface area contributed by atoms with E-state index in [-0.39, 0.29) is 5.75 Å². The lowest BCUT2D eigenvalue weighted by molar-refractivity contribution is 0.433. The van der Waals surface area contributed by atoms with Crippen molar-refractivity contribution in [2.24, 2.45) is 0 Å². The highest BCUT2D eigenvalue weighted by molar-refractivity contribution is 5.67. The molecular weight excluding hydrogens is 193 g/mol. The Morgan fingerprint density at radius 1 is 1.27 bits per heavy atom. The van der Waals surface area contributed by atoms with Gasteiger partial charge in [-0.1, -0.05) is 6.07 Å². The maximum Gasteiger partial charge on any atom is 0.164 e. The summed E-state index contributed by atoms with van der Waals surface area (Å²) < 4.78 is 12.8. The fourth-order valence-corrected chi connectivity index (χ4v) is 1.45. The van der Waals surface area contributed by atoms with E-state index in [1.54, 1.807) is 18.5 Å². The molecule has 1 heterocycles. The lowest BCUT2D eigenvalue weighted by atomic mass is 10.0. The van der Waals surface area contributed by atoms with Gasteiger partial charge >= 0.3 is 0 Å². The minimum absolute atomic E-state index is 0.337. The van der Waals surface area contributed by atoms with Crippen molar-refractivity contribution in [1.82, 2.24) is 4.98 Å². The molecule has 0 radical (unpaired) electrons. The Morgan fingerprint density at radius 2 is 2.07 bits per heavy atom. The van der Waals surface area contributed by atoms with Gasteiger partial charge in [-0.2, -0.15) is 0 Å². The Balaban J connectivity index is 2.55. The number of aromatic hydroxyl groups is 1. The van der Waals surface area contributed by atoms with E-state index in [1.807, 2.05) is 13.0 Å². The molecule has 0 fully saturated rings. The monoisotopic (exact) mass is 203 g/mol. The number of hydrogen-bond acceptors (Lipinski definition) is 2. The lowest BCUT2D eigenvalue weighted by Crippen LogP contribution is -1.85. The molecule has 2 nitrogen and oxygen atoms in total. The Labute approximate surface area is 87.0 Å². The van der Waals surface area contributed by atoms with Crippen molar-refractivity contribution in [3.63, 3.8) is 0 Å². The standard InChI is InChI=1S/C12H10FNO/c1-8-4-5-14-7-10(8)9-2-3-11(13)12(15)6-9/h2-7,15H,1H3. The van der Waals surface area contributed by atoms with Gasteiger partial charge in [0.1, 0.15) is 0 Å². The molecule has 1 N–H and O–H groups in total. The molecule has 0 aliphatic heterocycles. The Bertz CT molecular complexity index is 497. The van der Waals surface area contributed by atoms with Crippen LogP contribution >= 0.6 is 0 Å². The molecule has 0 amide bonds. The third kappa shape index (κ3) is 1.81. The Morgan fingerprint density at radius 3 is 2.73 bits per heavy atom. The van der Waals surface area contributed by atoms with Gasteiger partial charge in [0.25, 0.3) is 0 Å². The van der Waals surface area contributed by atoms with E-state index < -0.39 is 5.82 Å². The van der Waals surface area contributed by atoms with Crippen LogP contribution in [-0.4, -0.2) is 10.1 Å². The SMILES string of the molecule is Cc1ccncc1-c1ccc(F)c(O)c1. The molecule has 2 rings (SSSR count). The van der Waals surface area contributed by atoms with E-state index in [4.69, 9.17) is 0 Å². The molecule has 2 aromatic rings. The first-order valence-electron chi connectivity index (χ1n) is 4.58. The third-order valence-corrected chi connectivity index (χ3v) is 2.30. The molecule has 0 bridgehead atoms. The summed E-state index contributed by atoms with van der Waals surface area (Å²) in [7, 11) is 0. The van der Waals surface area contributed by atoms with Crippen LogP contribution in [0.15, 0.2) is 36.7 Å². The summed E-state index contributed by atoms with van der Waals surface area (Å²) in [5.41, 5.74) is 2.70. The summed E-state index contributed by atoms with van der Waals surface area (Å²) in [5.74, 6) is -0.948. The number of benzene rings is 1. The third-order valence-electron chi connectivity index (χ3n) is 2.30. The van der Waals surface area contributed by atoms with Gasteiger partial charge in [-0.3, -0.25) is 4.98 Å². The summed E-state index contributed by atoms with van der Waals surface area (Å²) in [6.07, 6.45) is 3.39. The Kier molecular flexibility index (Phi) is 2.37. The number of rotatable bonds is 1. The summed E-state index contributed by atoms with van der Waals surface area (Å²) >= 11 is 0. The van der Waals surface area contributed by atoms with Gasteiger partial charge in [-0.25, -0.2) is 4.39 Å². The molecule has 0 atom stereocenters. The average molecular weight is 203 g/mol. The highest BCUT2D eigenvalue weighted by atomic mass is 19.1. The van der Waals surface area contributed by atoms with Crippen molar-refractivity contribution >= 4 is 0 Å². The molecule has 1 aromatic heterocycles. The molecule has 3 heteroatoms. The molecule has 0 saturated heterocycles. The van der Waals surface area contributed by atoms with E-state index in [0.717, 1.165) is 16.7 Å². The fourth-order valence-electron chi connectivity index (χ4n) is 1.45. The van der Waals surface area contributed by atoms with E-state index in [0.29, 0.717) is 0 Å². The molecule has 0 unspecified atom stereocenters. The predicted octanol–water partition coefficient (Wildman–Crippen LogP) is 2.90. The van der Waals surface area contributed by atoms with Crippen LogP contribution in [0.1, 0.15) is 5.56 Å². The molecule has 0 saturated carbocycles. The smallest absolute Gasteiger partial charge is 0.164 e. The summed E-state index contributed by atoms with van der Waals surface area (Å²) in [4.78, 5) is 4.00. The van der Waals surface area contributed by atoms with Crippen molar-refractivity contribution in [3.8, 4) is 16.9 Å². The number of aryl methyl sites for hydroxylation is 1. The van der Waals surface area contributed by atoms with Crippen LogP contribution in [-0.2, 0) is 0 Å². The second-order valence-corrected chi connectivity index (χ2v) is 3.36. The molecule has 0 spiro atoms. The zero-order valence-electron chi connectivity index (χ0n) is 8.24. The van der Waals surface area contributed by atoms with Crippen LogP contribution < -0.4 is 0 Å². The first-order valence-corrected chi connectivity index (χ1v) is 4.58. The molecule has 0 aliphatic carbocycles. The topological polar surface area (TPSA) is 33.1 Å². The van der Waals surface area contributed by atoms with Crippen LogP contribution in [0.2, 0.25) is 0 Å². The van der Waals surface area contributed by atoms with Crippen LogP contribution in [0.25, 0.3) is 11.1 Å². The number of pyridine rings is 1. The quantitative estimate of drug-likeness (QED) is 0.773. The van der Waals surface area contributed by atoms with Crippen molar-refractivity contribution < 1.29 is 9.50 Å². The van der Waals surface area contributed by atoms with Gasteiger partial charge in [0.15, 0.2) is 11.6 Å². The minimum Gasteiger partial charge on any atom is -0.505 e. The van der Waals surface area contributed by atoms with Crippen LogP contribution in [0, 0.1) is 12.7 Å². The van der Waals surface area contributed by atoms with Crippen LogP contribution in [0.3, 0.4) is 0 Å². The highest BCUT2D eigenvalue weighted by Gasteiger charge is 2.05. The number of halogens is 1. The summed E-state index contributed by atoms with van der Waals surface area (Å²) in [6, 6.07) is 6.14. The van der Waals surface area contributed by atoms with Gasteiger partial charge in [0, 0.05) is 18.0 Å². The molecule has 0 aliphatic rings. The van der Waals surface area contributed by atoms with E-state index in [1.165, 1.54) is 12.1 Å². The largest absolute Gasteiger partial charge is 0.505 e. The van der Waals surface area contributed by atoms with E-state index in [9.17, 15) is 9.50 Å². The van der Waals surface area contributed by atoms with Gasteiger partial charge in [0.05, 0.1) is 0 Å². The van der Waals surface area contributed by atoms with Crippen LogP contribution in [0.4, 0.5) is 4.39 Å². The zero-order valence-corrected chi connectivity index (χ0v) is 8.24. The molecule has 1 aromatic carbocycles.